The van der Waals surface area contributed by atoms with Gasteiger partial charge in [-0.3, -0.25) is 0 Å². The molecule has 0 saturated carbocycles. The average molecular weight is 687 g/mol. The first-order valence-electron chi connectivity index (χ1n) is 18.3. The Morgan fingerprint density at radius 1 is 0.608 bits per heavy atom. The Labute approximate surface area is 304 Å². The number of rotatable bonds is 9. The van der Waals surface area contributed by atoms with E-state index in [1.807, 2.05) is 25.7 Å². The molecule has 1 fully saturated rings. The van der Waals surface area contributed by atoms with Crippen LogP contribution >= 0.6 is 0 Å². The second-order valence-electron chi connectivity index (χ2n) is 15.4. The SMILES string of the molecule is Cc1cc(CCc2cc(CCc3cc(C)cc(-n4c(C)ccc4C)n3)cc(N3CCN(C(=O)OC(C)(C)C)CC3)c2)nc(-n2c(C)ccc2C)c1. The first kappa shape index (κ1) is 36.0. The van der Waals surface area contributed by atoms with Crippen LogP contribution in [0.15, 0.2) is 66.7 Å². The van der Waals surface area contributed by atoms with E-state index in [0.29, 0.717) is 13.1 Å². The minimum atomic E-state index is -0.504. The number of aryl methyl sites for hydroxylation is 10. The minimum absolute atomic E-state index is 0.234. The van der Waals surface area contributed by atoms with Crippen molar-refractivity contribution in [2.45, 2.75) is 93.6 Å². The summed E-state index contributed by atoms with van der Waals surface area (Å²) in [6.45, 7) is 21.4. The van der Waals surface area contributed by atoms with Crippen molar-refractivity contribution in [3.8, 4) is 11.6 Å². The molecular formula is C43H54N6O2. The fraction of sp³-hybridized carbons (Fsp3) is 0.419. The van der Waals surface area contributed by atoms with Crippen molar-refractivity contribution in [3.05, 3.63) is 123 Å². The number of anilines is 1. The fourth-order valence-corrected chi connectivity index (χ4v) is 7.22. The zero-order chi connectivity index (χ0) is 36.4. The van der Waals surface area contributed by atoms with Gasteiger partial charge in [0.15, 0.2) is 0 Å². The van der Waals surface area contributed by atoms with Crippen LogP contribution in [-0.4, -0.2) is 61.9 Å². The summed E-state index contributed by atoms with van der Waals surface area (Å²) in [7, 11) is 0. The lowest BCUT2D eigenvalue weighted by Crippen LogP contribution is -2.50. The van der Waals surface area contributed by atoms with E-state index >= 15 is 0 Å². The van der Waals surface area contributed by atoms with Gasteiger partial charge in [0.25, 0.3) is 0 Å². The Bertz CT molecular complexity index is 1870. The number of hydrogen-bond acceptors (Lipinski definition) is 5. The summed E-state index contributed by atoms with van der Waals surface area (Å²) in [5.74, 6) is 1.97. The zero-order valence-electron chi connectivity index (χ0n) is 32.0. The van der Waals surface area contributed by atoms with Crippen molar-refractivity contribution in [2.24, 2.45) is 0 Å². The zero-order valence-corrected chi connectivity index (χ0v) is 32.0. The van der Waals surface area contributed by atoms with E-state index in [2.05, 4.69) is 122 Å². The normalized spacial score (nSPS) is 13.6. The summed E-state index contributed by atoms with van der Waals surface area (Å²) in [6, 6.07) is 24.4. The van der Waals surface area contributed by atoms with E-state index in [4.69, 9.17) is 14.7 Å². The van der Waals surface area contributed by atoms with Gasteiger partial charge in [0.1, 0.15) is 17.2 Å². The fourth-order valence-electron chi connectivity index (χ4n) is 7.22. The maximum absolute atomic E-state index is 12.8. The van der Waals surface area contributed by atoms with Crippen molar-refractivity contribution in [1.82, 2.24) is 24.0 Å². The number of carbonyl (C=O) groups excluding carboxylic acids is 1. The van der Waals surface area contributed by atoms with Crippen molar-refractivity contribution < 1.29 is 9.53 Å². The van der Waals surface area contributed by atoms with E-state index in [9.17, 15) is 4.79 Å². The van der Waals surface area contributed by atoms with Gasteiger partial charge in [0.05, 0.1) is 0 Å². The molecule has 8 nitrogen and oxygen atoms in total. The summed E-state index contributed by atoms with van der Waals surface area (Å²) < 4.78 is 10.1. The molecular weight excluding hydrogens is 633 g/mol. The first-order chi connectivity index (χ1) is 24.2. The second kappa shape index (κ2) is 14.8. The molecule has 0 atom stereocenters. The molecule has 268 valence electrons. The number of pyridine rings is 2. The lowest BCUT2D eigenvalue weighted by Gasteiger charge is -2.37. The molecule has 6 rings (SSSR count). The van der Waals surface area contributed by atoms with Gasteiger partial charge >= 0.3 is 6.09 Å². The van der Waals surface area contributed by atoms with E-state index < -0.39 is 5.60 Å². The summed E-state index contributed by atoms with van der Waals surface area (Å²) in [4.78, 5) is 27.3. The van der Waals surface area contributed by atoms with Crippen molar-refractivity contribution in [2.75, 3.05) is 31.1 Å². The predicted molar refractivity (Wildman–Crippen MR) is 207 cm³/mol. The molecule has 0 spiro atoms. The van der Waals surface area contributed by atoms with Crippen LogP contribution < -0.4 is 4.90 Å². The highest BCUT2D eigenvalue weighted by Crippen LogP contribution is 2.25. The van der Waals surface area contributed by atoms with Crippen LogP contribution in [0.2, 0.25) is 0 Å². The van der Waals surface area contributed by atoms with Gasteiger partial charge in [-0.2, -0.15) is 0 Å². The monoisotopic (exact) mass is 686 g/mol. The maximum atomic E-state index is 12.8. The average Bonchev–Trinajstić information content (AvgIpc) is 3.59. The van der Waals surface area contributed by atoms with Crippen LogP contribution in [-0.2, 0) is 30.4 Å². The Morgan fingerprint density at radius 3 is 1.45 bits per heavy atom. The van der Waals surface area contributed by atoms with Crippen LogP contribution in [0.1, 0.15) is 77.2 Å². The largest absolute Gasteiger partial charge is 0.444 e. The molecule has 0 N–H and O–H groups in total. The lowest BCUT2D eigenvalue weighted by molar-refractivity contribution is 0.0240. The Balaban J connectivity index is 1.24. The van der Waals surface area contributed by atoms with Gasteiger partial charge in [0.2, 0.25) is 0 Å². The van der Waals surface area contributed by atoms with Crippen molar-refractivity contribution in [1.29, 1.82) is 0 Å². The third-order valence-corrected chi connectivity index (χ3v) is 9.69. The second-order valence-corrected chi connectivity index (χ2v) is 15.4. The smallest absolute Gasteiger partial charge is 0.410 e. The minimum Gasteiger partial charge on any atom is -0.444 e. The summed E-state index contributed by atoms with van der Waals surface area (Å²) >= 11 is 0. The lowest BCUT2D eigenvalue weighted by atomic mass is 9.99. The predicted octanol–water partition coefficient (Wildman–Crippen LogP) is 8.54. The Hall–Kier alpha value is -4.85. The molecule has 1 amide bonds. The van der Waals surface area contributed by atoms with E-state index in [0.717, 1.165) is 61.8 Å². The summed E-state index contributed by atoms with van der Waals surface area (Å²) in [6.07, 6.45) is 3.24. The highest BCUT2D eigenvalue weighted by molar-refractivity contribution is 5.68. The van der Waals surface area contributed by atoms with Gasteiger partial charge in [0, 0.05) is 66.0 Å². The third kappa shape index (κ3) is 8.73. The number of aromatic nitrogens is 4. The highest BCUT2D eigenvalue weighted by atomic mass is 16.6. The number of nitrogens with zero attached hydrogens (tertiary/aromatic N) is 6. The van der Waals surface area contributed by atoms with Crippen LogP contribution in [0.5, 0.6) is 0 Å². The van der Waals surface area contributed by atoms with Crippen LogP contribution in [0.25, 0.3) is 11.6 Å². The molecule has 0 unspecified atom stereocenters. The number of carbonyl (C=O) groups is 1. The molecule has 1 aliphatic rings. The summed E-state index contributed by atoms with van der Waals surface area (Å²) in [5.41, 5.74) is 12.7. The molecule has 8 heteroatoms. The number of hydrogen-bond donors (Lipinski definition) is 0. The molecule has 0 radical (unpaired) electrons. The molecule has 5 aromatic rings. The van der Waals surface area contributed by atoms with E-state index in [1.165, 1.54) is 50.7 Å². The van der Waals surface area contributed by atoms with E-state index in [1.54, 1.807) is 0 Å². The van der Waals surface area contributed by atoms with Crippen molar-refractivity contribution in [3.63, 3.8) is 0 Å². The molecule has 51 heavy (non-hydrogen) atoms. The summed E-state index contributed by atoms with van der Waals surface area (Å²) in [5, 5.41) is 0. The van der Waals surface area contributed by atoms with E-state index in [-0.39, 0.29) is 6.09 Å². The van der Waals surface area contributed by atoms with Crippen molar-refractivity contribution >= 4 is 11.8 Å². The molecule has 0 aliphatic carbocycles. The van der Waals surface area contributed by atoms with Gasteiger partial charge in [-0.15, -0.1) is 0 Å². The van der Waals surface area contributed by atoms with Crippen LogP contribution in [0.3, 0.4) is 0 Å². The molecule has 0 bridgehead atoms. The van der Waals surface area contributed by atoms with Gasteiger partial charge < -0.3 is 23.7 Å². The Kier molecular flexibility index (Phi) is 10.4. The third-order valence-electron chi connectivity index (χ3n) is 9.69. The van der Waals surface area contributed by atoms with Gasteiger partial charge in [-0.1, -0.05) is 6.07 Å². The molecule has 1 aliphatic heterocycles. The molecule has 1 saturated heterocycles. The van der Waals surface area contributed by atoms with Gasteiger partial charge in [-0.25, -0.2) is 14.8 Å². The molecule has 1 aromatic carbocycles. The number of amides is 1. The molecule has 5 heterocycles. The number of benzene rings is 1. The van der Waals surface area contributed by atoms with Crippen LogP contribution in [0.4, 0.5) is 10.5 Å². The first-order valence-corrected chi connectivity index (χ1v) is 18.3. The van der Waals surface area contributed by atoms with Crippen LogP contribution in [0, 0.1) is 41.5 Å². The quantitative estimate of drug-likeness (QED) is 0.156. The van der Waals surface area contributed by atoms with Gasteiger partial charge in [-0.05, 0) is 171 Å². The number of piperazine rings is 1. The Morgan fingerprint density at radius 2 is 1.04 bits per heavy atom. The highest BCUT2D eigenvalue weighted by Gasteiger charge is 2.26. The number of ether oxygens (including phenoxy) is 1. The maximum Gasteiger partial charge on any atom is 0.410 e. The standard InChI is InChI=1S/C43H54N6O2/c1-29-22-37(44-40(24-29)48-31(3)10-11-32(48)4)16-14-35-26-36(15-17-38-23-30(2)25-41(45-38)49-33(5)12-13-34(49)6)28-39(27-35)46-18-20-47(21-19-46)42(50)51-43(7,8)9/h10-13,22-28H,14-21H2,1-9H3. The molecule has 4 aromatic heterocycles. The topological polar surface area (TPSA) is 68.4 Å².